The van der Waals surface area contributed by atoms with Gasteiger partial charge in [-0.2, -0.15) is 4.58 Å². The summed E-state index contributed by atoms with van der Waals surface area (Å²) in [5.41, 5.74) is 2.23. The third kappa shape index (κ3) is 3.87. The van der Waals surface area contributed by atoms with Crippen molar-refractivity contribution in [3.63, 3.8) is 0 Å². The number of esters is 2. The fourth-order valence-electron chi connectivity index (χ4n) is 4.03. The van der Waals surface area contributed by atoms with E-state index in [9.17, 15) is 14.7 Å². The first kappa shape index (κ1) is 23.0. The Morgan fingerprint density at radius 2 is 1.59 bits per heavy atom. The van der Waals surface area contributed by atoms with Crippen molar-refractivity contribution in [2.24, 2.45) is 0 Å². The van der Waals surface area contributed by atoms with Gasteiger partial charge in [-0.25, -0.2) is 9.59 Å². The zero-order valence-corrected chi connectivity index (χ0v) is 19.1. The van der Waals surface area contributed by atoms with E-state index in [4.69, 9.17) is 23.7 Å². The molecule has 0 saturated heterocycles. The molecule has 0 radical (unpaired) electrons. The smallest absolute Gasteiger partial charge is 0.403 e. The van der Waals surface area contributed by atoms with E-state index in [2.05, 4.69) is 4.74 Å². The average Bonchev–Trinajstić information content (AvgIpc) is 3.34. The molecule has 0 amide bonds. The largest absolute Gasteiger partial charge is 0.863 e. The maximum absolute atomic E-state index is 12.9. The number of benzene rings is 2. The second-order valence-electron chi connectivity index (χ2n) is 7.34. The zero-order chi connectivity index (χ0) is 24.4. The number of carbonyl (C=O) groups is 2. The Hall–Kier alpha value is -4.21. The van der Waals surface area contributed by atoms with Gasteiger partial charge < -0.3 is 33.5 Å². The Kier molecular flexibility index (Phi) is 6.31. The average molecular weight is 469 g/mol. The molecule has 0 aromatic heterocycles. The normalized spacial score (nSPS) is 14.7. The fourth-order valence-corrected chi connectivity index (χ4v) is 4.03. The lowest BCUT2D eigenvalue weighted by Crippen LogP contribution is -2.37. The van der Waals surface area contributed by atoms with Gasteiger partial charge in [-0.3, -0.25) is 0 Å². The number of carbonyl (C=O) groups excluding carboxylic acids is 2. The minimum atomic E-state index is -1.18. The van der Waals surface area contributed by atoms with Crippen molar-refractivity contribution >= 4 is 17.7 Å². The van der Waals surface area contributed by atoms with Crippen LogP contribution in [0.1, 0.15) is 16.7 Å². The highest BCUT2D eigenvalue weighted by atomic mass is 16.7. The number of hydrogen-bond acceptors (Lipinski definition) is 9. The fraction of sp³-hybridized carbons (Fsp3) is 0.292. The van der Waals surface area contributed by atoms with Crippen LogP contribution in [-0.2, 0) is 25.5 Å². The molecule has 0 saturated carbocycles. The molecule has 2 aliphatic rings. The lowest BCUT2D eigenvalue weighted by molar-refractivity contribution is -0.484. The Morgan fingerprint density at radius 1 is 0.912 bits per heavy atom. The van der Waals surface area contributed by atoms with Crippen molar-refractivity contribution < 1.29 is 47.7 Å². The van der Waals surface area contributed by atoms with Crippen molar-refractivity contribution in [3.05, 3.63) is 58.5 Å². The van der Waals surface area contributed by atoms with Crippen molar-refractivity contribution in [1.82, 2.24) is 0 Å². The van der Waals surface area contributed by atoms with Crippen LogP contribution in [0.4, 0.5) is 0 Å². The van der Waals surface area contributed by atoms with Crippen LogP contribution in [0.15, 0.2) is 41.8 Å². The van der Waals surface area contributed by atoms with Crippen molar-refractivity contribution in [1.29, 1.82) is 0 Å². The number of fused-ring (bicyclic) bond motifs is 2. The third-order valence-corrected chi connectivity index (χ3v) is 5.62. The summed E-state index contributed by atoms with van der Waals surface area (Å²) in [7, 11) is 5.26. The van der Waals surface area contributed by atoms with E-state index in [-0.39, 0.29) is 13.3 Å². The van der Waals surface area contributed by atoms with Gasteiger partial charge in [-0.05, 0) is 35.9 Å². The van der Waals surface area contributed by atoms with E-state index in [1.54, 1.807) is 31.4 Å². The van der Waals surface area contributed by atoms with E-state index < -0.39 is 23.4 Å². The van der Waals surface area contributed by atoms with Gasteiger partial charge >= 0.3 is 11.9 Å². The molecule has 34 heavy (non-hydrogen) atoms. The van der Waals surface area contributed by atoms with Gasteiger partial charge in [0, 0.05) is 6.42 Å². The van der Waals surface area contributed by atoms with Gasteiger partial charge in [-0.15, -0.1) is 0 Å². The van der Waals surface area contributed by atoms with E-state index in [1.165, 1.54) is 11.7 Å². The standard InChI is InChI=1S/C24H23NO9/c1-29-17-9-13-7-8-25(21(23(27)31-3)22(26)24(28)32-4)20(15(13)11-18(17)30-2)14-5-6-16-19(10-14)34-12-33-16/h5-6,9-11H,7-8,12H2,1-4H3. The van der Waals surface area contributed by atoms with Crippen molar-refractivity contribution in [3.8, 4) is 23.0 Å². The minimum Gasteiger partial charge on any atom is -0.863 e. The molecular weight excluding hydrogens is 446 g/mol. The van der Waals surface area contributed by atoms with Gasteiger partial charge in [0.2, 0.25) is 12.5 Å². The topological polar surface area (TPSA) is 116 Å². The highest BCUT2D eigenvalue weighted by Crippen LogP contribution is 2.37. The van der Waals surface area contributed by atoms with Gasteiger partial charge in [0.15, 0.2) is 29.5 Å². The molecular formula is C24H23NO9. The maximum Gasteiger partial charge on any atom is 0.403 e. The van der Waals surface area contributed by atoms with Gasteiger partial charge in [0.25, 0.3) is 5.70 Å². The molecule has 2 aromatic rings. The molecule has 0 unspecified atom stereocenters. The van der Waals surface area contributed by atoms with Crippen LogP contribution in [0, 0.1) is 0 Å². The molecule has 0 atom stereocenters. The second kappa shape index (κ2) is 9.34. The van der Waals surface area contributed by atoms with Gasteiger partial charge in [0.1, 0.15) is 0 Å². The number of ether oxygens (including phenoxy) is 6. The van der Waals surface area contributed by atoms with Crippen LogP contribution < -0.4 is 24.1 Å². The summed E-state index contributed by atoms with van der Waals surface area (Å²) in [4.78, 5) is 24.9. The molecule has 0 aliphatic carbocycles. The van der Waals surface area contributed by atoms with E-state index in [0.717, 1.165) is 19.8 Å². The van der Waals surface area contributed by atoms with Crippen molar-refractivity contribution in [2.75, 3.05) is 41.8 Å². The summed E-state index contributed by atoms with van der Waals surface area (Å²) in [5.74, 6) is -1.17. The molecule has 2 aliphatic heterocycles. The highest BCUT2D eigenvalue weighted by molar-refractivity contribution is 6.13. The zero-order valence-electron chi connectivity index (χ0n) is 19.1. The summed E-state index contributed by atoms with van der Waals surface area (Å²) >= 11 is 0. The molecule has 0 spiro atoms. The van der Waals surface area contributed by atoms with E-state index in [0.29, 0.717) is 46.3 Å². The van der Waals surface area contributed by atoms with Crippen LogP contribution in [0.25, 0.3) is 0 Å². The summed E-state index contributed by atoms with van der Waals surface area (Å²) in [6.07, 6.45) is 0.443. The Bertz CT molecular complexity index is 1230. The first-order valence-electron chi connectivity index (χ1n) is 10.3. The second-order valence-corrected chi connectivity index (χ2v) is 7.34. The van der Waals surface area contributed by atoms with Gasteiger partial charge in [0.05, 0.1) is 45.3 Å². The first-order valence-corrected chi connectivity index (χ1v) is 10.3. The number of rotatable bonds is 6. The molecule has 10 nitrogen and oxygen atoms in total. The minimum absolute atomic E-state index is 0.0831. The lowest BCUT2D eigenvalue weighted by atomic mass is 9.91. The predicted octanol–water partition coefficient (Wildman–Crippen LogP) is 0.756. The molecule has 0 fully saturated rings. The van der Waals surface area contributed by atoms with Crippen LogP contribution in [0.5, 0.6) is 23.0 Å². The van der Waals surface area contributed by atoms with Crippen LogP contribution >= 0.6 is 0 Å². The quantitative estimate of drug-likeness (QED) is 0.262. The lowest BCUT2D eigenvalue weighted by Gasteiger charge is -2.23. The molecule has 4 rings (SSSR count). The summed E-state index contributed by atoms with van der Waals surface area (Å²) in [6, 6.07) is 8.86. The molecule has 2 heterocycles. The summed E-state index contributed by atoms with van der Waals surface area (Å²) < 4.78 is 32.8. The maximum atomic E-state index is 12.9. The van der Waals surface area contributed by atoms with Crippen LogP contribution in [-0.4, -0.2) is 64.0 Å². The first-order chi connectivity index (χ1) is 16.4. The van der Waals surface area contributed by atoms with Crippen molar-refractivity contribution in [2.45, 2.75) is 6.42 Å². The Morgan fingerprint density at radius 3 is 2.26 bits per heavy atom. The monoisotopic (exact) mass is 469 g/mol. The number of nitrogens with zero attached hydrogens (tertiary/aromatic N) is 1. The van der Waals surface area contributed by atoms with Crippen LogP contribution in [0.3, 0.4) is 0 Å². The molecule has 0 N–H and O–H groups in total. The third-order valence-electron chi connectivity index (χ3n) is 5.62. The SMILES string of the molecule is COC(=O)/C([O-])=C(\C(=O)OC)[N+]1=C(c2ccc3c(c2)OCO3)c2cc(OC)c(OC)cc2CC1. The summed E-state index contributed by atoms with van der Waals surface area (Å²) in [5, 5.41) is 12.9. The predicted molar refractivity (Wildman–Crippen MR) is 115 cm³/mol. The number of hydrogen-bond donors (Lipinski definition) is 0. The molecule has 10 heteroatoms. The Balaban J connectivity index is 2.06. The van der Waals surface area contributed by atoms with Crippen LogP contribution in [0.2, 0.25) is 0 Å². The summed E-state index contributed by atoms with van der Waals surface area (Å²) in [6.45, 7) is 0.291. The van der Waals surface area contributed by atoms with Gasteiger partial charge in [-0.1, -0.05) is 0 Å². The van der Waals surface area contributed by atoms with E-state index in [1.807, 2.05) is 6.07 Å². The number of methoxy groups -OCH3 is 4. The molecule has 2 aromatic carbocycles. The highest BCUT2D eigenvalue weighted by Gasteiger charge is 2.37. The molecule has 0 bridgehead atoms. The Labute approximate surface area is 195 Å². The molecule has 178 valence electrons. The van der Waals surface area contributed by atoms with E-state index >= 15 is 0 Å².